The summed E-state index contributed by atoms with van der Waals surface area (Å²) >= 11 is 0. The molecule has 0 aliphatic heterocycles. The van der Waals surface area contributed by atoms with Crippen LogP contribution in [0, 0.1) is 17.6 Å². The third-order valence-electron chi connectivity index (χ3n) is 3.75. The zero-order valence-corrected chi connectivity index (χ0v) is 14.9. The summed E-state index contributed by atoms with van der Waals surface area (Å²) < 4.78 is 33.7. The van der Waals surface area contributed by atoms with E-state index < -0.39 is 35.6 Å². The van der Waals surface area contributed by atoms with Crippen LogP contribution in [0.3, 0.4) is 0 Å². The number of anilines is 1. The Bertz CT molecular complexity index is 811. The van der Waals surface area contributed by atoms with Crippen LogP contribution in [-0.2, 0) is 17.7 Å². The van der Waals surface area contributed by atoms with E-state index in [1.807, 2.05) is 20.8 Å². The molecule has 1 aromatic heterocycles. The number of carbonyl (C=O) groups excluding carboxylic acids is 2. The Labute approximate surface area is 149 Å². The number of rotatable bonds is 7. The zero-order valence-electron chi connectivity index (χ0n) is 14.9. The maximum atomic E-state index is 13.6. The largest absolute Gasteiger partial charge is 0.454 e. The number of hydrogen-bond acceptors (Lipinski definition) is 5. The van der Waals surface area contributed by atoms with Crippen LogP contribution >= 0.6 is 0 Å². The molecule has 0 radical (unpaired) electrons. The van der Waals surface area contributed by atoms with Gasteiger partial charge >= 0.3 is 5.97 Å². The van der Waals surface area contributed by atoms with Crippen molar-refractivity contribution in [3.63, 3.8) is 0 Å². The molecule has 0 spiro atoms. The van der Waals surface area contributed by atoms with E-state index in [1.165, 1.54) is 4.68 Å². The van der Waals surface area contributed by atoms with Crippen molar-refractivity contribution in [2.24, 2.45) is 5.92 Å². The van der Waals surface area contributed by atoms with E-state index in [9.17, 15) is 18.4 Å². The minimum Gasteiger partial charge on any atom is -0.454 e. The number of benzene rings is 1. The predicted octanol–water partition coefficient (Wildman–Crippen LogP) is 3.00. The number of ketones is 1. The first-order valence-electron chi connectivity index (χ1n) is 8.25. The van der Waals surface area contributed by atoms with Gasteiger partial charge in [0.05, 0.1) is 11.3 Å². The lowest BCUT2D eigenvalue weighted by Gasteiger charge is -2.08. The molecule has 0 atom stereocenters. The molecule has 26 heavy (non-hydrogen) atoms. The summed E-state index contributed by atoms with van der Waals surface area (Å²) in [5, 5.41) is 4.29. The van der Waals surface area contributed by atoms with Gasteiger partial charge in [-0.1, -0.05) is 19.9 Å². The molecule has 2 aromatic rings. The maximum absolute atomic E-state index is 13.6. The van der Waals surface area contributed by atoms with E-state index in [1.54, 1.807) is 0 Å². The first kappa shape index (κ1) is 19.6. The van der Waals surface area contributed by atoms with Gasteiger partial charge in [0.15, 0.2) is 6.61 Å². The van der Waals surface area contributed by atoms with Crippen molar-refractivity contribution in [2.45, 2.75) is 33.7 Å². The van der Waals surface area contributed by atoms with Crippen LogP contribution in [0.15, 0.2) is 18.2 Å². The van der Waals surface area contributed by atoms with E-state index >= 15 is 0 Å². The summed E-state index contributed by atoms with van der Waals surface area (Å²) in [5.74, 6) is -3.48. The molecule has 1 aromatic carbocycles. The van der Waals surface area contributed by atoms with Crippen molar-refractivity contribution < 1.29 is 23.1 Å². The SMILES string of the molecule is CCn1nc(CC(C)C)c(C(=O)OCC(=O)c2c(F)cccc2F)c1N. The highest BCUT2D eigenvalue weighted by atomic mass is 19.1. The van der Waals surface area contributed by atoms with E-state index in [0.717, 1.165) is 18.2 Å². The minimum absolute atomic E-state index is 0.0855. The average Bonchev–Trinajstić information content (AvgIpc) is 2.87. The zero-order chi connectivity index (χ0) is 19.4. The van der Waals surface area contributed by atoms with Crippen LogP contribution in [0.25, 0.3) is 0 Å². The number of hydrogen-bond donors (Lipinski definition) is 1. The normalized spacial score (nSPS) is 11.0. The molecule has 140 valence electrons. The second-order valence-corrected chi connectivity index (χ2v) is 6.22. The molecular weight excluding hydrogens is 344 g/mol. The lowest BCUT2D eigenvalue weighted by Crippen LogP contribution is -2.18. The highest BCUT2D eigenvalue weighted by molar-refractivity contribution is 6.01. The summed E-state index contributed by atoms with van der Waals surface area (Å²) in [6, 6.07) is 3.07. The standard InChI is InChI=1S/C18H21F2N3O3/c1-4-23-17(21)16(13(22-23)8-10(2)3)18(25)26-9-14(24)15-11(19)6-5-7-12(15)20/h5-7,10H,4,8-9,21H2,1-3H3. The van der Waals surface area contributed by atoms with Crippen molar-refractivity contribution in [3.05, 3.63) is 46.7 Å². The Morgan fingerprint density at radius 2 is 1.85 bits per heavy atom. The van der Waals surface area contributed by atoms with Crippen molar-refractivity contribution in [1.29, 1.82) is 0 Å². The molecule has 8 heteroatoms. The van der Waals surface area contributed by atoms with Crippen molar-refractivity contribution in [2.75, 3.05) is 12.3 Å². The molecule has 6 nitrogen and oxygen atoms in total. The number of ether oxygens (including phenoxy) is 1. The summed E-state index contributed by atoms with van der Waals surface area (Å²) in [7, 11) is 0. The van der Waals surface area contributed by atoms with Crippen LogP contribution in [0.5, 0.6) is 0 Å². The molecule has 0 saturated heterocycles. The number of nitrogens with zero attached hydrogens (tertiary/aromatic N) is 2. The van der Waals surface area contributed by atoms with E-state index in [-0.39, 0.29) is 17.3 Å². The van der Waals surface area contributed by atoms with Gasteiger partial charge in [0.1, 0.15) is 23.0 Å². The van der Waals surface area contributed by atoms with Gasteiger partial charge in [-0.05, 0) is 31.4 Å². The van der Waals surface area contributed by atoms with Crippen LogP contribution in [0.1, 0.15) is 47.2 Å². The van der Waals surface area contributed by atoms with Crippen molar-refractivity contribution >= 4 is 17.6 Å². The van der Waals surface area contributed by atoms with E-state index in [2.05, 4.69) is 5.10 Å². The molecular formula is C18H21F2N3O3. The van der Waals surface area contributed by atoms with Crippen LogP contribution in [-0.4, -0.2) is 28.1 Å². The van der Waals surface area contributed by atoms with Gasteiger partial charge in [-0.25, -0.2) is 18.3 Å². The highest BCUT2D eigenvalue weighted by Gasteiger charge is 2.25. The summed E-state index contributed by atoms with van der Waals surface area (Å²) in [4.78, 5) is 24.4. The quantitative estimate of drug-likeness (QED) is 0.602. The number of esters is 1. The molecule has 2 rings (SSSR count). The fourth-order valence-electron chi connectivity index (χ4n) is 2.56. The lowest BCUT2D eigenvalue weighted by atomic mass is 10.0. The molecule has 2 N–H and O–H groups in total. The maximum Gasteiger partial charge on any atom is 0.344 e. The lowest BCUT2D eigenvalue weighted by molar-refractivity contribution is 0.0472. The van der Waals surface area contributed by atoms with Gasteiger partial charge in [0.25, 0.3) is 0 Å². The second kappa shape index (κ2) is 8.07. The van der Waals surface area contributed by atoms with Crippen LogP contribution < -0.4 is 5.73 Å². The van der Waals surface area contributed by atoms with Gasteiger partial charge in [0, 0.05) is 6.54 Å². The molecule has 0 amide bonds. The fourth-order valence-corrected chi connectivity index (χ4v) is 2.56. The molecule has 0 aliphatic carbocycles. The Morgan fingerprint density at radius 1 is 1.23 bits per heavy atom. The molecule has 0 bridgehead atoms. The summed E-state index contributed by atoms with van der Waals surface area (Å²) in [6.45, 7) is 5.40. The molecule has 1 heterocycles. The Balaban J connectivity index is 2.20. The van der Waals surface area contributed by atoms with Gasteiger partial charge in [-0.15, -0.1) is 0 Å². The van der Waals surface area contributed by atoms with Gasteiger partial charge in [0.2, 0.25) is 5.78 Å². The van der Waals surface area contributed by atoms with Gasteiger partial charge < -0.3 is 10.5 Å². The van der Waals surface area contributed by atoms with E-state index in [4.69, 9.17) is 10.5 Å². The van der Waals surface area contributed by atoms with Crippen molar-refractivity contribution in [3.8, 4) is 0 Å². The smallest absolute Gasteiger partial charge is 0.344 e. The number of nitrogen functional groups attached to an aromatic ring is 1. The number of carbonyl (C=O) groups is 2. The molecule has 0 saturated carbocycles. The van der Waals surface area contributed by atoms with Gasteiger partial charge in [-0.2, -0.15) is 5.10 Å². The number of aryl methyl sites for hydroxylation is 1. The average molecular weight is 365 g/mol. The summed E-state index contributed by atoms with van der Waals surface area (Å²) in [5.41, 5.74) is 5.77. The number of halogens is 2. The van der Waals surface area contributed by atoms with Crippen LogP contribution in [0.2, 0.25) is 0 Å². The Kier molecular flexibility index (Phi) is 6.07. The number of Topliss-reactive ketones (excluding diaryl/α,β-unsaturated/α-hetero) is 1. The second-order valence-electron chi connectivity index (χ2n) is 6.22. The first-order chi connectivity index (χ1) is 12.3. The number of nitrogens with two attached hydrogens (primary N) is 1. The molecule has 0 fully saturated rings. The Hall–Kier alpha value is -2.77. The first-order valence-corrected chi connectivity index (χ1v) is 8.25. The third-order valence-corrected chi connectivity index (χ3v) is 3.75. The van der Waals surface area contributed by atoms with Gasteiger partial charge in [-0.3, -0.25) is 4.79 Å². The minimum atomic E-state index is -1.01. The molecule has 0 aliphatic rings. The van der Waals surface area contributed by atoms with Crippen LogP contribution in [0.4, 0.5) is 14.6 Å². The monoisotopic (exact) mass is 365 g/mol. The Morgan fingerprint density at radius 3 is 2.38 bits per heavy atom. The fraction of sp³-hybridized carbons (Fsp3) is 0.389. The topological polar surface area (TPSA) is 87.2 Å². The number of aromatic nitrogens is 2. The predicted molar refractivity (Wildman–Crippen MR) is 91.8 cm³/mol. The highest BCUT2D eigenvalue weighted by Crippen LogP contribution is 2.21. The van der Waals surface area contributed by atoms with E-state index in [0.29, 0.717) is 18.7 Å². The third kappa shape index (κ3) is 4.07. The van der Waals surface area contributed by atoms with Crippen molar-refractivity contribution in [1.82, 2.24) is 9.78 Å². The summed E-state index contributed by atoms with van der Waals surface area (Å²) in [6.07, 6.45) is 0.498. The molecule has 0 unspecified atom stereocenters.